The predicted octanol–water partition coefficient (Wildman–Crippen LogP) is -0.220. The molecule has 0 aromatic carbocycles. The van der Waals surface area contributed by atoms with E-state index in [2.05, 4.69) is 4.72 Å². The zero-order valence-corrected chi connectivity index (χ0v) is 9.67. The van der Waals surface area contributed by atoms with Gasteiger partial charge in [-0.3, -0.25) is 4.79 Å². The van der Waals surface area contributed by atoms with Gasteiger partial charge in [-0.1, -0.05) is 6.92 Å². The van der Waals surface area contributed by atoms with Crippen LogP contribution in [-0.4, -0.2) is 42.9 Å². The molecule has 6 nitrogen and oxygen atoms in total. The zero-order chi connectivity index (χ0) is 11.7. The first kappa shape index (κ1) is 12.4. The molecule has 0 radical (unpaired) electrons. The molecule has 1 unspecified atom stereocenters. The van der Waals surface area contributed by atoms with Gasteiger partial charge >= 0.3 is 5.97 Å². The monoisotopic (exact) mass is 236 g/mol. The van der Waals surface area contributed by atoms with Crippen LogP contribution in [0.1, 0.15) is 26.2 Å². The Kier molecular flexibility index (Phi) is 3.37. The first-order valence-electron chi connectivity index (χ1n) is 4.85. The fourth-order valence-electron chi connectivity index (χ4n) is 2.03. The van der Waals surface area contributed by atoms with E-state index in [1.54, 1.807) is 6.92 Å². The van der Waals surface area contributed by atoms with E-state index in [1.165, 1.54) is 7.05 Å². The number of aliphatic carboxylic acids is 1. The molecular weight excluding hydrogens is 220 g/mol. The third-order valence-corrected chi connectivity index (χ3v) is 4.59. The molecule has 1 aliphatic rings. The number of rotatable bonds is 4. The summed E-state index contributed by atoms with van der Waals surface area (Å²) in [5, 5.41) is 9.16. The molecule has 1 fully saturated rings. The molecule has 0 spiro atoms. The van der Waals surface area contributed by atoms with Crippen LogP contribution in [0.4, 0.5) is 0 Å². The summed E-state index contributed by atoms with van der Waals surface area (Å²) in [5.41, 5.74) is -1.26. The minimum absolute atomic E-state index is 0.267. The molecular formula is C8H16N2O4S. The van der Waals surface area contributed by atoms with Crippen molar-refractivity contribution >= 4 is 16.2 Å². The van der Waals surface area contributed by atoms with Gasteiger partial charge < -0.3 is 5.11 Å². The molecule has 0 aromatic rings. The Balaban J connectivity index is 3.14. The number of carbonyl (C=O) groups is 1. The van der Waals surface area contributed by atoms with Crippen molar-refractivity contribution in [2.45, 2.75) is 31.7 Å². The minimum Gasteiger partial charge on any atom is -0.480 e. The second-order valence-corrected chi connectivity index (χ2v) is 5.37. The molecule has 88 valence electrons. The quantitative estimate of drug-likeness (QED) is 0.706. The SMILES string of the molecule is CCC1(C(=O)O)CCCN1S(=O)(=O)NC. The van der Waals surface area contributed by atoms with Crippen LogP contribution in [0.5, 0.6) is 0 Å². The molecule has 0 aliphatic carbocycles. The van der Waals surface area contributed by atoms with Crippen molar-refractivity contribution in [2.24, 2.45) is 0 Å². The van der Waals surface area contributed by atoms with Gasteiger partial charge in [-0.25, -0.2) is 4.72 Å². The Bertz CT molecular complexity index is 354. The zero-order valence-electron chi connectivity index (χ0n) is 8.86. The highest BCUT2D eigenvalue weighted by atomic mass is 32.2. The van der Waals surface area contributed by atoms with Gasteiger partial charge in [0.25, 0.3) is 10.2 Å². The van der Waals surface area contributed by atoms with Crippen LogP contribution >= 0.6 is 0 Å². The summed E-state index contributed by atoms with van der Waals surface area (Å²) in [4.78, 5) is 11.2. The summed E-state index contributed by atoms with van der Waals surface area (Å²) in [6.07, 6.45) is 1.24. The fraction of sp³-hybridized carbons (Fsp3) is 0.875. The largest absolute Gasteiger partial charge is 0.480 e. The molecule has 15 heavy (non-hydrogen) atoms. The molecule has 1 aliphatic heterocycles. The summed E-state index contributed by atoms with van der Waals surface area (Å²) in [7, 11) is -2.37. The van der Waals surface area contributed by atoms with Crippen molar-refractivity contribution in [3.05, 3.63) is 0 Å². The van der Waals surface area contributed by atoms with Crippen LogP contribution in [0, 0.1) is 0 Å². The first-order chi connectivity index (χ1) is 6.90. The second-order valence-electron chi connectivity index (χ2n) is 3.58. The van der Waals surface area contributed by atoms with Gasteiger partial charge in [-0.05, 0) is 19.3 Å². The summed E-state index contributed by atoms with van der Waals surface area (Å²) in [5.74, 6) is -1.07. The maximum Gasteiger partial charge on any atom is 0.325 e. The van der Waals surface area contributed by atoms with Crippen LogP contribution < -0.4 is 4.72 Å². The van der Waals surface area contributed by atoms with Gasteiger partial charge in [-0.15, -0.1) is 0 Å². The molecule has 7 heteroatoms. The van der Waals surface area contributed by atoms with Gasteiger partial charge in [0.1, 0.15) is 5.54 Å². The van der Waals surface area contributed by atoms with E-state index >= 15 is 0 Å². The van der Waals surface area contributed by atoms with Crippen molar-refractivity contribution in [3.63, 3.8) is 0 Å². The number of carboxylic acid groups (broad SMARTS) is 1. The summed E-state index contributed by atoms with van der Waals surface area (Å²) >= 11 is 0. The van der Waals surface area contributed by atoms with Crippen molar-refractivity contribution < 1.29 is 18.3 Å². The number of carboxylic acids is 1. The molecule has 1 rings (SSSR count). The average Bonchev–Trinajstić information content (AvgIpc) is 2.63. The molecule has 1 atom stereocenters. The van der Waals surface area contributed by atoms with Gasteiger partial charge in [0, 0.05) is 13.6 Å². The van der Waals surface area contributed by atoms with Gasteiger partial charge in [0.05, 0.1) is 0 Å². The minimum atomic E-state index is -3.66. The third kappa shape index (κ3) is 1.86. The highest BCUT2D eigenvalue weighted by Crippen LogP contribution is 2.34. The number of nitrogens with zero attached hydrogens (tertiary/aromatic N) is 1. The summed E-state index contributed by atoms with van der Waals surface area (Å²) in [6.45, 7) is 1.96. The third-order valence-electron chi connectivity index (χ3n) is 2.96. The Labute approximate surface area is 89.4 Å². The number of nitrogens with one attached hydrogen (secondary N) is 1. The van der Waals surface area contributed by atoms with E-state index in [1.807, 2.05) is 0 Å². The van der Waals surface area contributed by atoms with E-state index < -0.39 is 21.7 Å². The maximum atomic E-state index is 11.6. The van der Waals surface area contributed by atoms with Crippen LogP contribution in [0.3, 0.4) is 0 Å². The summed E-state index contributed by atoms with van der Waals surface area (Å²) in [6, 6.07) is 0. The lowest BCUT2D eigenvalue weighted by molar-refractivity contribution is -0.147. The van der Waals surface area contributed by atoms with E-state index in [9.17, 15) is 13.2 Å². The van der Waals surface area contributed by atoms with E-state index in [-0.39, 0.29) is 13.0 Å². The maximum absolute atomic E-state index is 11.6. The highest BCUT2D eigenvalue weighted by molar-refractivity contribution is 7.87. The Hall–Kier alpha value is -0.660. The topological polar surface area (TPSA) is 86.7 Å². The number of hydrogen-bond donors (Lipinski definition) is 2. The lowest BCUT2D eigenvalue weighted by Crippen LogP contribution is -2.55. The van der Waals surface area contributed by atoms with Crippen LogP contribution in [-0.2, 0) is 15.0 Å². The molecule has 2 N–H and O–H groups in total. The fourth-order valence-corrected chi connectivity index (χ4v) is 3.38. The van der Waals surface area contributed by atoms with Gasteiger partial charge in [-0.2, -0.15) is 12.7 Å². The van der Waals surface area contributed by atoms with Crippen LogP contribution in [0.15, 0.2) is 0 Å². The molecule has 0 saturated carbocycles. The van der Waals surface area contributed by atoms with Crippen LogP contribution in [0.25, 0.3) is 0 Å². The smallest absolute Gasteiger partial charge is 0.325 e. The van der Waals surface area contributed by atoms with Gasteiger partial charge in [0.2, 0.25) is 0 Å². The van der Waals surface area contributed by atoms with Gasteiger partial charge in [0.15, 0.2) is 0 Å². The number of hydrogen-bond acceptors (Lipinski definition) is 3. The Morgan fingerprint density at radius 3 is 2.60 bits per heavy atom. The first-order valence-corrected chi connectivity index (χ1v) is 6.29. The van der Waals surface area contributed by atoms with Crippen molar-refractivity contribution in [1.82, 2.24) is 9.03 Å². The molecule has 1 heterocycles. The predicted molar refractivity (Wildman–Crippen MR) is 54.6 cm³/mol. The van der Waals surface area contributed by atoms with E-state index in [4.69, 9.17) is 5.11 Å². The highest BCUT2D eigenvalue weighted by Gasteiger charge is 2.51. The molecule has 0 aromatic heterocycles. The van der Waals surface area contributed by atoms with Crippen LogP contribution in [0.2, 0.25) is 0 Å². The molecule has 0 bridgehead atoms. The van der Waals surface area contributed by atoms with Crippen molar-refractivity contribution in [2.75, 3.05) is 13.6 Å². The average molecular weight is 236 g/mol. The lowest BCUT2D eigenvalue weighted by atomic mass is 9.95. The molecule has 1 saturated heterocycles. The van der Waals surface area contributed by atoms with Crippen molar-refractivity contribution in [3.8, 4) is 0 Å². The second kappa shape index (κ2) is 4.07. The molecule has 0 amide bonds. The Morgan fingerprint density at radius 1 is 1.60 bits per heavy atom. The van der Waals surface area contributed by atoms with E-state index in [0.717, 1.165) is 4.31 Å². The lowest BCUT2D eigenvalue weighted by Gasteiger charge is -2.32. The van der Waals surface area contributed by atoms with E-state index in [0.29, 0.717) is 12.8 Å². The van der Waals surface area contributed by atoms with Crippen molar-refractivity contribution in [1.29, 1.82) is 0 Å². The standard InChI is InChI=1S/C8H16N2O4S/c1-3-8(7(11)12)5-4-6-10(8)15(13,14)9-2/h9H,3-6H2,1-2H3,(H,11,12). The normalized spacial score (nSPS) is 28.1. The summed E-state index contributed by atoms with van der Waals surface area (Å²) < 4.78 is 26.5. The Morgan fingerprint density at radius 2 is 2.20 bits per heavy atom.